The number of aromatic nitrogens is 2. The van der Waals surface area contributed by atoms with Gasteiger partial charge in [-0.05, 0) is 42.3 Å². The standard InChI is InChI=1S/C26H28N4O3S/c1-3-30(4-2)34(32,33)21-14-10-13-20(18-21)26(31)29-24(17-19-11-6-5-7-12-19)25-27-22-15-8-9-16-23(22)28-25/h5-16,18,24H,3-4,17H2,1-2H3,(H,27,28)(H,29,31)/t24-/m0/s1. The summed E-state index contributed by atoms with van der Waals surface area (Å²) in [5.74, 6) is 0.281. The second-order valence-corrected chi connectivity index (χ2v) is 9.91. The molecule has 34 heavy (non-hydrogen) atoms. The fourth-order valence-corrected chi connectivity index (χ4v) is 5.46. The molecule has 0 unspecified atom stereocenters. The number of amides is 1. The van der Waals surface area contributed by atoms with E-state index >= 15 is 0 Å². The fourth-order valence-electron chi connectivity index (χ4n) is 3.96. The number of para-hydroxylation sites is 2. The minimum Gasteiger partial charge on any atom is -0.342 e. The predicted molar refractivity (Wildman–Crippen MR) is 133 cm³/mol. The fraction of sp³-hybridized carbons (Fsp3) is 0.231. The maximum atomic E-state index is 13.3. The number of carbonyl (C=O) groups excluding carboxylic acids is 1. The van der Waals surface area contributed by atoms with Crippen LogP contribution in [0.3, 0.4) is 0 Å². The van der Waals surface area contributed by atoms with Crippen LogP contribution in [0.25, 0.3) is 11.0 Å². The van der Waals surface area contributed by atoms with E-state index in [0.717, 1.165) is 16.6 Å². The number of nitrogens with zero attached hydrogens (tertiary/aromatic N) is 2. The number of H-pyrrole nitrogens is 1. The maximum absolute atomic E-state index is 13.3. The summed E-state index contributed by atoms with van der Waals surface area (Å²) in [6.45, 7) is 4.30. The van der Waals surface area contributed by atoms with Crippen molar-refractivity contribution < 1.29 is 13.2 Å². The Labute approximate surface area is 199 Å². The number of hydrogen-bond donors (Lipinski definition) is 2. The molecule has 7 nitrogen and oxygen atoms in total. The SMILES string of the molecule is CCN(CC)S(=O)(=O)c1cccc(C(=O)N[C@@H](Cc2ccccc2)c2nc3ccccc3[nH]2)c1. The lowest BCUT2D eigenvalue weighted by molar-refractivity contribution is 0.0934. The Kier molecular flexibility index (Phi) is 7.09. The zero-order valence-corrected chi connectivity index (χ0v) is 20.0. The molecule has 0 spiro atoms. The highest BCUT2D eigenvalue weighted by atomic mass is 32.2. The minimum atomic E-state index is -3.67. The van der Waals surface area contributed by atoms with Gasteiger partial charge in [0, 0.05) is 18.7 Å². The van der Waals surface area contributed by atoms with Gasteiger partial charge in [-0.1, -0.05) is 62.4 Å². The molecule has 1 heterocycles. The number of hydrogen-bond acceptors (Lipinski definition) is 4. The van der Waals surface area contributed by atoms with E-state index in [4.69, 9.17) is 0 Å². The lowest BCUT2D eigenvalue weighted by Gasteiger charge is -2.19. The molecule has 3 aromatic carbocycles. The molecule has 0 bridgehead atoms. The summed E-state index contributed by atoms with van der Waals surface area (Å²) in [4.78, 5) is 21.4. The molecule has 4 rings (SSSR count). The molecule has 2 N–H and O–H groups in total. The molecule has 0 aliphatic carbocycles. The molecule has 0 saturated heterocycles. The van der Waals surface area contributed by atoms with Crippen LogP contribution in [0.4, 0.5) is 0 Å². The third kappa shape index (κ3) is 5.03. The molecular weight excluding hydrogens is 448 g/mol. The molecule has 1 amide bonds. The lowest BCUT2D eigenvalue weighted by atomic mass is 10.0. The molecule has 0 fully saturated rings. The summed E-state index contributed by atoms with van der Waals surface area (Å²) in [6, 6.07) is 23.3. The summed E-state index contributed by atoms with van der Waals surface area (Å²) in [5.41, 5.74) is 3.03. The second-order valence-electron chi connectivity index (χ2n) is 7.97. The first-order valence-electron chi connectivity index (χ1n) is 11.3. The molecule has 8 heteroatoms. The van der Waals surface area contributed by atoms with Crippen LogP contribution in [0.5, 0.6) is 0 Å². The van der Waals surface area contributed by atoms with E-state index in [2.05, 4.69) is 15.3 Å². The van der Waals surface area contributed by atoms with Gasteiger partial charge in [-0.25, -0.2) is 13.4 Å². The third-order valence-corrected chi connectivity index (χ3v) is 7.81. The first kappa shape index (κ1) is 23.7. The highest BCUT2D eigenvalue weighted by Crippen LogP contribution is 2.22. The maximum Gasteiger partial charge on any atom is 0.251 e. The van der Waals surface area contributed by atoms with Crippen molar-refractivity contribution in [2.75, 3.05) is 13.1 Å². The van der Waals surface area contributed by atoms with E-state index in [0.29, 0.717) is 25.3 Å². The van der Waals surface area contributed by atoms with E-state index < -0.39 is 16.1 Å². The van der Waals surface area contributed by atoms with Crippen molar-refractivity contribution in [3.05, 3.63) is 95.8 Å². The topological polar surface area (TPSA) is 95.2 Å². The van der Waals surface area contributed by atoms with Crippen molar-refractivity contribution in [2.24, 2.45) is 0 Å². The van der Waals surface area contributed by atoms with Crippen LogP contribution in [-0.2, 0) is 16.4 Å². The second kappa shape index (κ2) is 10.2. The largest absolute Gasteiger partial charge is 0.342 e. The van der Waals surface area contributed by atoms with Crippen molar-refractivity contribution in [3.63, 3.8) is 0 Å². The third-order valence-electron chi connectivity index (χ3n) is 5.77. The average Bonchev–Trinajstić information content (AvgIpc) is 3.29. The van der Waals surface area contributed by atoms with Crippen molar-refractivity contribution in [2.45, 2.75) is 31.2 Å². The van der Waals surface area contributed by atoms with Crippen LogP contribution in [0.15, 0.2) is 83.8 Å². The van der Waals surface area contributed by atoms with E-state index in [-0.39, 0.29) is 16.4 Å². The number of benzene rings is 3. The van der Waals surface area contributed by atoms with Gasteiger partial charge < -0.3 is 10.3 Å². The molecule has 0 radical (unpaired) electrons. The molecule has 0 aliphatic rings. The molecule has 0 saturated carbocycles. The van der Waals surface area contributed by atoms with Gasteiger partial charge in [0.1, 0.15) is 5.82 Å². The van der Waals surface area contributed by atoms with Crippen molar-refractivity contribution in [3.8, 4) is 0 Å². The molecule has 4 aromatic rings. The Morgan fingerprint density at radius 3 is 2.38 bits per heavy atom. The highest BCUT2D eigenvalue weighted by molar-refractivity contribution is 7.89. The Bertz CT molecular complexity index is 1350. The van der Waals surface area contributed by atoms with Gasteiger partial charge >= 0.3 is 0 Å². The molecule has 1 aromatic heterocycles. The number of rotatable bonds is 9. The van der Waals surface area contributed by atoms with Crippen LogP contribution in [-0.4, -0.2) is 41.7 Å². The number of nitrogens with one attached hydrogen (secondary N) is 2. The number of sulfonamides is 1. The molecule has 0 aliphatic heterocycles. The van der Waals surface area contributed by atoms with E-state index in [1.807, 2.05) is 54.6 Å². The molecule has 1 atom stereocenters. The Hall–Kier alpha value is -3.49. The van der Waals surface area contributed by atoms with Crippen LogP contribution in [0, 0.1) is 0 Å². The summed E-state index contributed by atoms with van der Waals surface area (Å²) in [5, 5.41) is 3.05. The highest BCUT2D eigenvalue weighted by Gasteiger charge is 2.24. The van der Waals surface area contributed by atoms with Crippen LogP contribution in [0.2, 0.25) is 0 Å². The summed E-state index contributed by atoms with van der Waals surface area (Å²) >= 11 is 0. The normalized spacial score (nSPS) is 12.7. The smallest absolute Gasteiger partial charge is 0.251 e. The van der Waals surface area contributed by atoms with Crippen LogP contribution >= 0.6 is 0 Å². The van der Waals surface area contributed by atoms with Crippen LogP contribution < -0.4 is 5.32 Å². The number of imidazole rings is 1. The average molecular weight is 477 g/mol. The van der Waals surface area contributed by atoms with Gasteiger partial charge in [-0.3, -0.25) is 4.79 Å². The van der Waals surface area contributed by atoms with Crippen molar-refractivity contribution in [1.82, 2.24) is 19.6 Å². The number of aromatic amines is 1. The predicted octanol–water partition coefficient (Wildman–Crippen LogP) is 4.31. The zero-order chi connectivity index (χ0) is 24.1. The van der Waals surface area contributed by atoms with Gasteiger partial charge in [0.15, 0.2) is 0 Å². The summed E-state index contributed by atoms with van der Waals surface area (Å²) in [6.07, 6.45) is 0.532. The van der Waals surface area contributed by atoms with Gasteiger partial charge in [0.2, 0.25) is 10.0 Å². The first-order chi connectivity index (χ1) is 16.4. The summed E-state index contributed by atoms with van der Waals surface area (Å²) in [7, 11) is -3.67. The minimum absolute atomic E-state index is 0.104. The van der Waals surface area contributed by atoms with Crippen molar-refractivity contribution in [1.29, 1.82) is 0 Å². The number of fused-ring (bicyclic) bond motifs is 1. The van der Waals surface area contributed by atoms with E-state index in [1.165, 1.54) is 16.4 Å². The zero-order valence-electron chi connectivity index (χ0n) is 19.2. The van der Waals surface area contributed by atoms with E-state index in [9.17, 15) is 13.2 Å². The summed E-state index contributed by atoms with van der Waals surface area (Å²) < 4.78 is 27.2. The monoisotopic (exact) mass is 476 g/mol. The van der Waals surface area contributed by atoms with Gasteiger partial charge in [-0.15, -0.1) is 0 Å². The lowest BCUT2D eigenvalue weighted by Crippen LogP contribution is -2.32. The Morgan fingerprint density at radius 1 is 0.971 bits per heavy atom. The quantitative estimate of drug-likeness (QED) is 0.376. The first-order valence-corrected chi connectivity index (χ1v) is 12.8. The molecule has 176 valence electrons. The Balaban J connectivity index is 1.64. The van der Waals surface area contributed by atoms with Gasteiger partial charge in [0.05, 0.1) is 22.0 Å². The van der Waals surface area contributed by atoms with Gasteiger partial charge in [-0.2, -0.15) is 4.31 Å². The van der Waals surface area contributed by atoms with Crippen molar-refractivity contribution >= 4 is 27.0 Å². The van der Waals surface area contributed by atoms with Crippen LogP contribution in [0.1, 0.15) is 41.6 Å². The van der Waals surface area contributed by atoms with Gasteiger partial charge in [0.25, 0.3) is 5.91 Å². The molecular formula is C26H28N4O3S. The van der Waals surface area contributed by atoms with E-state index in [1.54, 1.807) is 26.0 Å². The number of carbonyl (C=O) groups is 1. The Morgan fingerprint density at radius 2 is 1.68 bits per heavy atom.